The van der Waals surface area contributed by atoms with E-state index in [1.165, 1.54) is 30.4 Å². The van der Waals surface area contributed by atoms with Crippen molar-refractivity contribution in [2.24, 2.45) is 0 Å². The maximum Gasteiger partial charge on any atom is 0.315 e. The van der Waals surface area contributed by atoms with E-state index in [2.05, 4.69) is 58.3 Å². The van der Waals surface area contributed by atoms with Gasteiger partial charge < -0.3 is 10.6 Å². The Bertz CT molecular complexity index is 792. The van der Waals surface area contributed by atoms with Gasteiger partial charge in [0.2, 0.25) is 0 Å². The molecule has 2 aromatic rings. The summed E-state index contributed by atoms with van der Waals surface area (Å²) >= 11 is 1.99. The first-order valence-electron chi connectivity index (χ1n) is 9.80. The summed E-state index contributed by atoms with van der Waals surface area (Å²) in [6.45, 7) is 2.88. The van der Waals surface area contributed by atoms with Crippen molar-refractivity contribution in [1.82, 2.24) is 25.6 Å². The van der Waals surface area contributed by atoms with Crippen LogP contribution in [0.2, 0.25) is 0 Å². The second-order valence-corrected chi connectivity index (χ2v) is 8.89. The molecule has 2 saturated heterocycles. The maximum absolute atomic E-state index is 11.4. The van der Waals surface area contributed by atoms with Gasteiger partial charge in [-0.2, -0.15) is 11.8 Å². The number of fused-ring (bicyclic) bond motifs is 1. The Morgan fingerprint density at radius 1 is 1.26 bits per heavy atom. The fourth-order valence-corrected chi connectivity index (χ4v) is 5.54. The number of aromatic nitrogens is 3. The number of carbonyl (C=O) groups excluding carboxylic acids is 1. The zero-order valence-corrected chi connectivity index (χ0v) is 16.5. The Kier molecular flexibility index (Phi) is 5.66. The van der Waals surface area contributed by atoms with Crippen LogP contribution in [0.15, 0.2) is 30.5 Å². The highest BCUT2D eigenvalue weighted by Crippen LogP contribution is 2.33. The highest BCUT2D eigenvalue weighted by Gasteiger charge is 2.42. The molecule has 1 aromatic heterocycles. The minimum Gasteiger partial charge on any atom is -0.332 e. The van der Waals surface area contributed by atoms with Crippen LogP contribution in [-0.4, -0.2) is 44.1 Å². The Morgan fingerprint density at radius 2 is 2.19 bits per heavy atom. The normalized spacial score (nSPS) is 23.9. The molecule has 27 heavy (non-hydrogen) atoms. The van der Waals surface area contributed by atoms with Gasteiger partial charge in [-0.05, 0) is 31.7 Å². The minimum absolute atomic E-state index is 0.00375. The van der Waals surface area contributed by atoms with Gasteiger partial charge in [0, 0.05) is 17.2 Å². The van der Waals surface area contributed by atoms with Crippen molar-refractivity contribution in [3.63, 3.8) is 0 Å². The molecule has 0 aliphatic carbocycles. The van der Waals surface area contributed by atoms with Gasteiger partial charge in [0.1, 0.15) is 0 Å². The Hall–Kier alpha value is -2.02. The molecule has 0 bridgehead atoms. The number of hydrogen-bond donors (Lipinski definition) is 2. The molecule has 4 rings (SSSR count). The first-order valence-corrected chi connectivity index (χ1v) is 10.9. The number of carbonyl (C=O) groups is 1. The Labute approximate surface area is 164 Å². The minimum atomic E-state index is 0.00375. The summed E-state index contributed by atoms with van der Waals surface area (Å²) in [6.07, 6.45) is 7.76. The van der Waals surface area contributed by atoms with Crippen molar-refractivity contribution in [2.75, 3.05) is 5.75 Å². The van der Waals surface area contributed by atoms with E-state index < -0.39 is 0 Å². The number of urea groups is 1. The molecular formula is C20H27N5OS. The molecule has 6 nitrogen and oxygen atoms in total. The van der Waals surface area contributed by atoms with Crippen LogP contribution in [0.25, 0.3) is 0 Å². The van der Waals surface area contributed by atoms with Crippen LogP contribution in [0, 0.1) is 6.92 Å². The van der Waals surface area contributed by atoms with E-state index in [4.69, 9.17) is 0 Å². The number of unbranched alkanes of at least 4 members (excludes halogenated alkanes) is 2. The molecule has 7 heteroatoms. The van der Waals surface area contributed by atoms with Crippen molar-refractivity contribution in [3.05, 3.63) is 47.3 Å². The van der Waals surface area contributed by atoms with Gasteiger partial charge >= 0.3 is 6.03 Å². The predicted octanol–water partition coefficient (Wildman–Crippen LogP) is 2.90. The number of nitrogens with one attached hydrogen (secondary N) is 2. The van der Waals surface area contributed by atoms with Crippen LogP contribution in [0.3, 0.4) is 0 Å². The number of benzene rings is 1. The standard InChI is InChI=1S/C20H27N5OS/c1-14-6-5-7-15(10-14)11-25-12-16(23-24-25)8-3-2-4-9-18-19-17(13-27-18)21-20(26)22-19/h5-7,10,12,17-19H,2-4,8-9,11,13H2,1H3,(H2,21,22,26)/t17-,18-,19-/m0/s1. The molecule has 1 aromatic carbocycles. The molecule has 3 atom stereocenters. The highest BCUT2D eigenvalue weighted by atomic mass is 32.2. The van der Waals surface area contributed by atoms with Crippen molar-refractivity contribution < 1.29 is 4.79 Å². The van der Waals surface area contributed by atoms with Gasteiger partial charge in [-0.3, -0.25) is 0 Å². The lowest BCUT2D eigenvalue weighted by Crippen LogP contribution is -2.36. The molecule has 2 N–H and O–H groups in total. The monoisotopic (exact) mass is 385 g/mol. The molecule has 144 valence electrons. The van der Waals surface area contributed by atoms with Crippen LogP contribution < -0.4 is 10.6 Å². The highest BCUT2D eigenvalue weighted by molar-refractivity contribution is 8.00. The third kappa shape index (κ3) is 4.64. The number of thioether (sulfide) groups is 1. The van der Waals surface area contributed by atoms with Crippen molar-refractivity contribution >= 4 is 17.8 Å². The molecule has 0 saturated carbocycles. The SMILES string of the molecule is Cc1cccc(Cn2cc(CCCCC[C@@H]3SC[C@@H]4NC(=O)N[C@@H]43)nn2)c1. The van der Waals surface area contributed by atoms with Crippen LogP contribution >= 0.6 is 11.8 Å². The van der Waals surface area contributed by atoms with Gasteiger partial charge in [-0.1, -0.05) is 47.9 Å². The molecular weight excluding hydrogens is 358 g/mol. The summed E-state index contributed by atoms with van der Waals surface area (Å²) in [5.74, 6) is 1.04. The van der Waals surface area contributed by atoms with Crippen molar-refractivity contribution in [1.29, 1.82) is 0 Å². The van der Waals surface area contributed by atoms with Crippen molar-refractivity contribution in [3.8, 4) is 0 Å². The van der Waals surface area contributed by atoms with E-state index in [9.17, 15) is 4.79 Å². The number of rotatable bonds is 8. The van der Waals surface area contributed by atoms with E-state index in [0.29, 0.717) is 17.3 Å². The lowest BCUT2D eigenvalue weighted by molar-refractivity contribution is 0.247. The molecule has 2 aliphatic heterocycles. The Balaban J connectivity index is 1.16. The first-order chi connectivity index (χ1) is 13.2. The smallest absolute Gasteiger partial charge is 0.315 e. The van der Waals surface area contributed by atoms with Gasteiger partial charge in [0.05, 0.1) is 24.3 Å². The van der Waals surface area contributed by atoms with Crippen molar-refractivity contribution in [2.45, 2.75) is 62.9 Å². The first kappa shape index (κ1) is 18.3. The number of aryl methyl sites for hydroxylation is 2. The summed E-state index contributed by atoms with van der Waals surface area (Å²) in [5, 5.41) is 15.2. The van der Waals surface area contributed by atoms with E-state index in [1.807, 2.05) is 16.4 Å². The van der Waals surface area contributed by atoms with E-state index in [1.54, 1.807) is 0 Å². The molecule has 2 fully saturated rings. The molecule has 2 aliphatic rings. The lowest BCUT2D eigenvalue weighted by atomic mass is 10.0. The second kappa shape index (κ2) is 8.33. The molecule has 0 unspecified atom stereocenters. The summed E-state index contributed by atoms with van der Waals surface area (Å²) < 4.78 is 1.93. The van der Waals surface area contributed by atoms with Gasteiger partial charge in [0.15, 0.2) is 0 Å². The fourth-order valence-electron chi connectivity index (χ4n) is 4.00. The van der Waals surface area contributed by atoms with Gasteiger partial charge in [-0.15, -0.1) is 5.10 Å². The number of hydrogen-bond acceptors (Lipinski definition) is 4. The third-order valence-electron chi connectivity index (χ3n) is 5.37. The van der Waals surface area contributed by atoms with Crippen LogP contribution in [-0.2, 0) is 13.0 Å². The molecule has 2 amide bonds. The average molecular weight is 386 g/mol. The van der Waals surface area contributed by atoms with Crippen LogP contribution in [0.4, 0.5) is 4.79 Å². The summed E-state index contributed by atoms with van der Waals surface area (Å²) in [7, 11) is 0. The van der Waals surface area contributed by atoms with Crippen LogP contribution in [0.1, 0.15) is 42.5 Å². The van der Waals surface area contributed by atoms with Gasteiger partial charge in [-0.25, -0.2) is 9.48 Å². The van der Waals surface area contributed by atoms with E-state index >= 15 is 0 Å². The molecule has 0 radical (unpaired) electrons. The summed E-state index contributed by atoms with van der Waals surface area (Å²) in [5.41, 5.74) is 3.60. The van der Waals surface area contributed by atoms with Gasteiger partial charge in [0.25, 0.3) is 0 Å². The molecule has 0 spiro atoms. The third-order valence-corrected chi connectivity index (χ3v) is 6.88. The second-order valence-electron chi connectivity index (χ2n) is 7.62. The lowest BCUT2D eigenvalue weighted by Gasteiger charge is -2.16. The summed E-state index contributed by atoms with van der Waals surface area (Å²) in [4.78, 5) is 11.4. The zero-order valence-electron chi connectivity index (χ0n) is 15.7. The van der Waals surface area contributed by atoms with Crippen LogP contribution in [0.5, 0.6) is 0 Å². The maximum atomic E-state index is 11.4. The summed E-state index contributed by atoms with van der Waals surface area (Å²) in [6, 6.07) is 9.17. The fraction of sp³-hybridized carbons (Fsp3) is 0.550. The largest absolute Gasteiger partial charge is 0.332 e. The van der Waals surface area contributed by atoms with E-state index in [-0.39, 0.29) is 6.03 Å². The molecule has 3 heterocycles. The zero-order chi connectivity index (χ0) is 18.6. The topological polar surface area (TPSA) is 71.8 Å². The quantitative estimate of drug-likeness (QED) is 0.541. The average Bonchev–Trinajstić information content (AvgIpc) is 3.32. The number of nitrogens with zero attached hydrogens (tertiary/aromatic N) is 3. The van der Waals surface area contributed by atoms with E-state index in [0.717, 1.165) is 30.8 Å². The predicted molar refractivity (Wildman–Crippen MR) is 108 cm³/mol. The Morgan fingerprint density at radius 3 is 3.07 bits per heavy atom. The number of amides is 2.